The molecule has 1 N–H and O–H groups in total. The molecule has 3 nitrogen and oxygen atoms in total. The molecule has 1 heterocycles. The van der Waals surface area contributed by atoms with Crippen molar-refractivity contribution >= 4 is 11.3 Å². The quantitative estimate of drug-likeness (QED) is 0.868. The van der Waals surface area contributed by atoms with Gasteiger partial charge in [0.2, 0.25) is 0 Å². The molecule has 0 amide bonds. The Bertz CT molecular complexity index is 394. The predicted octanol–water partition coefficient (Wildman–Crippen LogP) is 3.65. The number of aromatic nitrogens is 1. The van der Waals surface area contributed by atoms with Crippen LogP contribution in [0.15, 0.2) is 5.38 Å². The topological polar surface area (TPSA) is 28.2 Å². The van der Waals surface area contributed by atoms with Crippen LogP contribution in [0.4, 0.5) is 0 Å². The summed E-state index contributed by atoms with van der Waals surface area (Å²) in [5.74, 6) is 0.924. The van der Waals surface area contributed by atoms with E-state index in [-0.39, 0.29) is 0 Å². The average Bonchev–Trinajstić information content (AvgIpc) is 2.84. The van der Waals surface area contributed by atoms with E-state index < -0.39 is 0 Å². The number of nitrogens with zero attached hydrogens (tertiary/aromatic N) is 2. The molecule has 1 fully saturated rings. The second-order valence-corrected chi connectivity index (χ2v) is 7.54. The van der Waals surface area contributed by atoms with E-state index in [4.69, 9.17) is 4.98 Å². The zero-order valence-corrected chi connectivity index (χ0v) is 14.2. The molecular formula is C16H29N3S. The van der Waals surface area contributed by atoms with Gasteiger partial charge in [-0.3, -0.25) is 4.90 Å². The fourth-order valence-corrected chi connectivity index (χ4v) is 3.60. The molecule has 1 aromatic heterocycles. The highest BCUT2D eigenvalue weighted by Crippen LogP contribution is 2.27. The zero-order chi connectivity index (χ0) is 14.5. The van der Waals surface area contributed by atoms with Crippen molar-refractivity contribution in [3.8, 4) is 0 Å². The molecule has 4 heteroatoms. The summed E-state index contributed by atoms with van der Waals surface area (Å²) in [4.78, 5) is 7.25. The minimum absolute atomic E-state index is 0.522. The van der Waals surface area contributed by atoms with Crippen molar-refractivity contribution in [2.45, 2.75) is 71.6 Å². The van der Waals surface area contributed by atoms with Gasteiger partial charge in [0.25, 0.3) is 0 Å². The van der Waals surface area contributed by atoms with E-state index >= 15 is 0 Å². The van der Waals surface area contributed by atoms with Gasteiger partial charge in [-0.25, -0.2) is 4.98 Å². The first kappa shape index (κ1) is 15.9. The molecule has 2 rings (SSSR count). The van der Waals surface area contributed by atoms with Crippen LogP contribution in [0.25, 0.3) is 0 Å². The molecule has 114 valence electrons. The molecular weight excluding hydrogens is 266 g/mol. The molecule has 0 aromatic carbocycles. The minimum Gasteiger partial charge on any atom is -0.308 e. The SMILES string of the molecule is CC1CCC(N(C)Cc2csc(CNC(C)C)n2)CC1. The normalized spacial score (nSPS) is 23.7. The fourth-order valence-electron chi connectivity index (χ4n) is 2.86. The van der Waals surface area contributed by atoms with Gasteiger partial charge in [-0.1, -0.05) is 20.8 Å². The van der Waals surface area contributed by atoms with Crippen molar-refractivity contribution in [3.05, 3.63) is 16.1 Å². The van der Waals surface area contributed by atoms with E-state index in [0.29, 0.717) is 6.04 Å². The van der Waals surface area contributed by atoms with Crippen LogP contribution < -0.4 is 5.32 Å². The summed E-state index contributed by atoms with van der Waals surface area (Å²) in [5.41, 5.74) is 1.23. The van der Waals surface area contributed by atoms with Gasteiger partial charge in [0.05, 0.1) is 5.69 Å². The zero-order valence-electron chi connectivity index (χ0n) is 13.4. The van der Waals surface area contributed by atoms with Crippen molar-refractivity contribution in [1.29, 1.82) is 0 Å². The molecule has 0 aliphatic heterocycles. The summed E-state index contributed by atoms with van der Waals surface area (Å²) in [6, 6.07) is 1.28. The maximum absolute atomic E-state index is 4.75. The monoisotopic (exact) mass is 295 g/mol. The van der Waals surface area contributed by atoms with Crippen molar-refractivity contribution < 1.29 is 0 Å². The number of hydrogen-bond donors (Lipinski definition) is 1. The summed E-state index contributed by atoms with van der Waals surface area (Å²) in [7, 11) is 2.26. The summed E-state index contributed by atoms with van der Waals surface area (Å²) >= 11 is 1.78. The molecule has 0 saturated heterocycles. The molecule has 0 spiro atoms. The molecule has 1 saturated carbocycles. The molecule has 20 heavy (non-hydrogen) atoms. The van der Waals surface area contributed by atoms with Gasteiger partial charge in [-0.15, -0.1) is 11.3 Å². The Kier molecular flexibility index (Phi) is 6.00. The smallest absolute Gasteiger partial charge is 0.107 e. The Labute approximate surface area is 127 Å². The Morgan fingerprint density at radius 3 is 2.70 bits per heavy atom. The minimum atomic E-state index is 0.522. The maximum Gasteiger partial charge on any atom is 0.107 e. The van der Waals surface area contributed by atoms with Gasteiger partial charge in [0.15, 0.2) is 0 Å². The van der Waals surface area contributed by atoms with Crippen molar-refractivity contribution in [1.82, 2.24) is 15.2 Å². The van der Waals surface area contributed by atoms with E-state index in [2.05, 4.69) is 43.4 Å². The van der Waals surface area contributed by atoms with Crippen molar-refractivity contribution in [3.63, 3.8) is 0 Å². The summed E-state index contributed by atoms with van der Waals surface area (Å²) < 4.78 is 0. The van der Waals surface area contributed by atoms with Crippen LogP contribution in [0.1, 0.15) is 57.2 Å². The van der Waals surface area contributed by atoms with Crippen LogP contribution in [0, 0.1) is 5.92 Å². The largest absolute Gasteiger partial charge is 0.308 e. The van der Waals surface area contributed by atoms with E-state index in [9.17, 15) is 0 Å². The maximum atomic E-state index is 4.75. The van der Waals surface area contributed by atoms with E-state index in [1.807, 2.05) is 0 Å². The van der Waals surface area contributed by atoms with Gasteiger partial charge >= 0.3 is 0 Å². The standard InChI is InChI=1S/C16H29N3S/c1-12(2)17-9-16-18-14(11-20-16)10-19(4)15-7-5-13(3)6-8-15/h11-13,15,17H,5-10H2,1-4H3. The lowest BCUT2D eigenvalue weighted by Crippen LogP contribution is -2.34. The van der Waals surface area contributed by atoms with Gasteiger partial charge in [-0.05, 0) is 38.6 Å². The van der Waals surface area contributed by atoms with Crippen LogP contribution >= 0.6 is 11.3 Å². The van der Waals surface area contributed by atoms with Crippen LogP contribution in [-0.4, -0.2) is 29.0 Å². The van der Waals surface area contributed by atoms with Gasteiger partial charge in [0.1, 0.15) is 5.01 Å². The van der Waals surface area contributed by atoms with Crippen LogP contribution in [-0.2, 0) is 13.1 Å². The van der Waals surface area contributed by atoms with Crippen LogP contribution in [0.2, 0.25) is 0 Å². The Balaban J connectivity index is 1.80. The highest BCUT2D eigenvalue weighted by molar-refractivity contribution is 7.09. The van der Waals surface area contributed by atoms with Crippen LogP contribution in [0.5, 0.6) is 0 Å². The Hall–Kier alpha value is -0.450. The second-order valence-electron chi connectivity index (χ2n) is 6.60. The number of hydrogen-bond acceptors (Lipinski definition) is 4. The third kappa shape index (κ3) is 4.83. The van der Waals surface area contributed by atoms with E-state index in [1.165, 1.54) is 36.4 Å². The molecule has 1 aliphatic carbocycles. The van der Waals surface area contributed by atoms with E-state index in [0.717, 1.165) is 25.0 Å². The molecule has 0 radical (unpaired) electrons. The van der Waals surface area contributed by atoms with Crippen LogP contribution in [0.3, 0.4) is 0 Å². The first-order valence-corrected chi connectivity index (χ1v) is 8.79. The first-order chi connectivity index (χ1) is 9.54. The highest BCUT2D eigenvalue weighted by Gasteiger charge is 2.22. The van der Waals surface area contributed by atoms with E-state index in [1.54, 1.807) is 11.3 Å². The van der Waals surface area contributed by atoms with Gasteiger partial charge in [-0.2, -0.15) is 0 Å². The Morgan fingerprint density at radius 1 is 1.35 bits per heavy atom. The lowest BCUT2D eigenvalue weighted by molar-refractivity contribution is 0.162. The van der Waals surface area contributed by atoms with Gasteiger partial charge < -0.3 is 5.32 Å². The van der Waals surface area contributed by atoms with Gasteiger partial charge in [0, 0.05) is 30.6 Å². The van der Waals surface area contributed by atoms with Crippen molar-refractivity contribution in [2.75, 3.05) is 7.05 Å². The third-order valence-electron chi connectivity index (χ3n) is 4.28. The Morgan fingerprint density at radius 2 is 2.05 bits per heavy atom. The molecule has 1 aromatic rings. The summed E-state index contributed by atoms with van der Waals surface area (Å²) in [6.45, 7) is 8.62. The number of rotatable bonds is 6. The molecule has 0 unspecified atom stereocenters. The molecule has 0 atom stereocenters. The lowest BCUT2D eigenvalue weighted by atomic mass is 9.87. The summed E-state index contributed by atoms with van der Waals surface area (Å²) in [6.07, 6.45) is 5.47. The first-order valence-electron chi connectivity index (χ1n) is 7.91. The second kappa shape index (κ2) is 7.53. The third-order valence-corrected chi connectivity index (χ3v) is 5.18. The number of nitrogens with one attached hydrogen (secondary N) is 1. The molecule has 0 bridgehead atoms. The summed E-state index contributed by atoms with van der Waals surface area (Å²) in [5, 5.41) is 6.86. The fraction of sp³-hybridized carbons (Fsp3) is 0.812. The highest BCUT2D eigenvalue weighted by atomic mass is 32.1. The lowest BCUT2D eigenvalue weighted by Gasteiger charge is -2.33. The predicted molar refractivity (Wildman–Crippen MR) is 87.0 cm³/mol. The number of thiazole rings is 1. The molecule has 1 aliphatic rings. The average molecular weight is 295 g/mol. The van der Waals surface area contributed by atoms with Crippen molar-refractivity contribution in [2.24, 2.45) is 5.92 Å².